The number of ether oxygens (including phenoxy) is 2. The highest BCUT2D eigenvalue weighted by Crippen LogP contribution is 2.24. The molecule has 0 unspecified atom stereocenters. The lowest BCUT2D eigenvalue weighted by molar-refractivity contribution is -0.149. The second-order valence-electron chi connectivity index (χ2n) is 8.13. The smallest absolute Gasteiger partial charge is 0.344 e. The normalized spacial score (nSPS) is 10.9. The van der Waals surface area contributed by atoms with Crippen molar-refractivity contribution in [1.82, 2.24) is 0 Å². The van der Waals surface area contributed by atoms with Gasteiger partial charge in [0.2, 0.25) is 0 Å². The SMILES string of the molecule is CCCCCc1ccc2c(C(=O)Nc3cccc(OCC(=O)OC(C)C)c3)cccc2c1. The summed E-state index contributed by atoms with van der Waals surface area (Å²) in [4.78, 5) is 24.7. The number of carbonyl (C=O) groups is 2. The summed E-state index contributed by atoms with van der Waals surface area (Å²) >= 11 is 0. The predicted octanol–water partition coefficient (Wildman–Crippen LogP) is 6.16. The van der Waals surface area contributed by atoms with Gasteiger partial charge >= 0.3 is 5.97 Å². The number of esters is 1. The van der Waals surface area contributed by atoms with Gasteiger partial charge in [0.05, 0.1) is 6.10 Å². The first-order chi connectivity index (χ1) is 15.5. The van der Waals surface area contributed by atoms with Gasteiger partial charge in [-0.3, -0.25) is 4.79 Å². The molecule has 0 aliphatic rings. The summed E-state index contributed by atoms with van der Waals surface area (Å²) < 4.78 is 10.6. The van der Waals surface area contributed by atoms with Crippen molar-refractivity contribution in [3.63, 3.8) is 0 Å². The highest BCUT2D eigenvalue weighted by Gasteiger charge is 2.12. The summed E-state index contributed by atoms with van der Waals surface area (Å²) in [5.74, 6) is -0.136. The largest absolute Gasteiger partial charge is 0.482 e. The number of unbranched alkanes of at least 4 members (excludes halogenated alkanes) is 2. The molecule has 0 fully saturated rings. The molecular formula is C27H31NO4. The number of anilines is 1. The van der Waals surface area contributed by atoms with Crippen molar-refractivity contribution in [2.45, 2.75) is 52.6 Å². The highest BCUT2D eigenvalue weighted by atomic mass is 16.6. The third-order valence-corrected chi connectivity index (χ3v) is 5.07. The van der Waals surface area contributed by atoms with E-state index in [1.807, 2.05) is 24.3 Å². The molecule has 0 radical (unpaired) electrons. The van der Waals surface area contributed by atoms with E-state index in [9.17, 15) is 9.59 Å². The maximum atomic E-state index is 13.0. The van der Waals surface area contributed by atoms with Gasteiger partial charge in [-0.2, -0.15) is 0 Å². The Morgan fingerprint density at radius 1 is 0.969 bits per heavy atom. The van der Waals surface area contributed by atoms with Gasteiger partial charge < -0.3 is 14.8 Å². The Labute approximate surface area is 189 Å². The molecule has 168 valence electrons. The molecule has 3 rings (SSSR count). The Kier molecular flexibility index (Phi) is 8.26. The van der Waals surface area contributed by atoms with Gasteiger partial charge in [-0.15, -0.1) is 0 Å². The van der Waals surface area contributed by atoms with E-state index in [0.717, 1.165) is 17.2 Å². The van der Waals surface area contributed by atoms with Crippen LogP contribution in [0.25, 0.3) is 10.8 Å². The van der Waals surface area contributed by atoms with Crippen LogP contribution in [0.15, 0.2) is 60.7 Å². The fraction of sp³-hybridized carbons (Fsp3) is 0.333. The van der Waals surface area contributed by atoms with E-state index in [0.29, 0.717) is 17.0 Å². The van der Waals surface area contributed by atoms with Crippen molar-refractivity contribution in [3.05, 3.63) is 71.8 Å². The number of amides is 1. The zero-order chi connectivity index (χ0) is 22.9. The minimum absolute atomic E-state index is 0.181. The van der Waals surface area contributed by atoms with E-state index < -0.39 is 5.97 Å². The highest BCUT2D eigenvalue weighted by molar-refractivity contribution is 6.13. The van der Waals surface area contributed by atoms with Gasteiger partial charge in [-0.25, -0.2) is 4.79 Å². The van der Waals surface area contributed by atoms with Crippen molar-refractivity contribution in [1.29, 1.82) is 0 Å². The Bertz CT molecular complexity index is 1070. The average molecular weight is 434 g/mol. The zero-order valence-corrected chi connectivity index (χ0v) is 19.0. The zero-order valence-electron chi connectivity index (χ0n) is 19.0. The Morgan fingerprint density at radius 3 is 2.56 bits per heavy atom. The van der Waals surface area contributed by atoms with E-state index >= 15 is 0 Å². The maximum Gasteiger partial charge on any atom is 0.344 e. The molecule has 0 spiro atoms. The molecule has 0 saturated carbocycles. The molecule has 0 atom stereocenters. The second-order valence-corrected chi connectivity index (χ2v) is 8.13. The second kappa shape index (κ2) is 11.3. The topological polar surface area (TPSA) is 64.6 Å². The third kappa shape index (κ3) is 6.58. The first kappa shape index (κ1) is 23.3. The van der Waals surface area contributed by atoms with Crippen LogP contribution in [-0.2, 0) is 16.0 Å². The monoisotopic (exact) mass is 433 g/mol. The van der Waals surface area contributed by atoms with E-state index in [-0.39, 0.29) is 18.6 Å². The van der Waals surface area contributed by atoms with Crippen LogP contribution < -0.4 is 10.1 Å². The van der Waals surface area contributed by atoms with Crippen LogP contribution in [0.4, 0.5) is 5.69 Å². The van der Waals surface area contributed by atoms with Gasteiger partial charge in [0.1, 0.15) is 5.75 Å². The van der Waals surface area contributed by atoms with Crippen LogP contribution in [0.3, 0.4) is 0 Å². The first-order valence-corrected chi connectivity index (χ1v) is 11.2. The lowest BCUT2D eigenvalue weighted by Crippen LogP contribution is -2.18. The van der Waals surface area contributed by atoms with Gasteiger partial charge in [0.25, 0.3) is 5.91 Å². The summed E-state index contributed by atoms with van der Waals surface area (Å²) in [5, 5.41) is 4.92. The lowest BCUT2D eigenvalue weighted by atomic mass is 9.99. The van der Waals surface area contributed by atoms with Gasteiger partial charge in [-0.05, 0) is 61.2 Å². The number of benzene rings is 3. The molecule has 0 heterocycles. The molecule has 0 aromatic heterocycles. The number of nitrogens with one attached hydrogen (secondary N) is 1. The van der Waals surface area contributed by atoms with E-state index in [1.165, 1.54) is 24.8 Å². The number of carbonyl (C=O) groups excluding carboxylic acids is 2. The summed E-state index contributed by atoms with van der Waals surface area (Å²) in [5.41, 5.74) is 2.51. The molecule has 1 N–H and O–H groups in total. The van der Waals surface area contributed by atoms with Gasteiger partial charge in [-0.1, -0.05) is 56.2 Å². The van der Waals surface area contributed by atoms with Gasteiger partial charge in [0, 0.05) is 17.3 Å². The van der Waals surface area contributed by atoms with E-state index in [4.69, 9.17) is 9.47 Å². The summed E-state index contributed by atoms with van der Waals surface area (Å²) in [6.07, 6.45) is 4.46. The number of fused-ring (bicyclic) bond motifs is 1. The van der Waals surface area contributed by atoms with Gasteiger partial charge in [0.15, 0.2) is 6.61 Å². The summed E-state index contributed by atoms with van der Waals surface area (Å²) in [6.45, 7) is 5.59. The molecular weight excluding hydrogens is 402 g/mol. The fourth-order valence-electron chi connectivity index (χ4n) is 3.57. The number of rotatable bonds is 10. The Balaban J connectivity index is 1.69. The van der Waals surface area contributed by atoms with Crippen LogP contribution in [0.1, 0.15) is 56.0 Å². The summed E-state index contributed by atoms with van der Waals surface area (Å²) in [6, 6.07) is 19.1. The minimum atomic E-state index is -0.431. The quantitative estimate of drug-likeness (QED) is 0.307. The van der Waals surface area contributed by atoms with E-state index in [1.54, 1.807) is 38.1 Å². The molecule has 5 nitrogen and oxygen atoms in total. The Morgan fingerprint density at radius 2 is 1.78 bits per heavy atom. The van der Waals surface area contributed by atoms with Crippen LogP contribution in [0, 0.1) is 0 Å². The maximum absolute atomic E-state index is 13.0. The minimum Gasteiger partial charge on any atom is -0.482 e. The molecule has 0 bridgehead atoms. The molecule has 5 heteroatoms. The van der Waals surface area contributed by atoms with Crippen molar-refractivity contribution < 1.29 is 19.1 Å². The van der Waals surface area contributed by atoms with Crippen molar-refractivity contribution in [2.24, 2.45) is 0 Å². The van der Waals surface area contributed by atoms with Crippen LogP contribution in [0.2, 0.25) is 0 Å². The first-order valence-electron chi connectivity index (χ1n) is 11.2. The Hall–Kier alpha value is -3.34. The molecule has 32 heavy (non-hydrogen) atoms. The van der Waals surface area contributed by atoms with Crippen molar-refractivity contribution in [2.75, 3.05) is 11.9 Å². The molecule has 0 aliphatic carbocycles. The summed E-state index contributed by atoms with van der Waals surface area (Å²) in [7, 11) is 0. The van der Waals surface area contributed by atoms with Crippen LogP contribution in [0.5, 0.6) is 5.75 Å². The molecule has 0 aliphatic heterocycles. The lowest BCUT2D eigenvalue weighted by Gasteiger charge is -2.12. The fourth-order valence-corrected chi connectivity index (χ4v) is 3.57. The molecule has 3 aromatic rings. The van der Waals surface area contributed by atoms with Crippen molar-refractivity contribution in [3.8, 4) is 5.75 Å². The molecule has 0 saturated heterocycles. The van der Waals surface area contributed by atoms with Crippen LogP contribution >= 0.6 is 0 Å². The third-order valence-electron chi connectivity index (χ3n) is 5.07. The predicted molar refractivity (Wildman–Crippen MR) is 128 cm³/mol. The molecule has 3 aromatic carbocycles. The van der Waals surface area contributed by atoms with Crippen LogP contribution in [-0.4, -0.2) is 24.6 Å². The van der Waals surface area contributed by atoms with Crippen molar-refractivity contribution >= 4 is 28.3 Å². The average Bonchev–Trinajstić information content (AvgIpc) is 2.77. The number of hydrogen-bond acceptors (Lipinski definition) is 4. The molecule has 1 amide bonds. The number of hydrogen-bond donors (Lipinski definition) is 1. The number of aryl methyl sites for hydroxylation is 1. The van der Waals surface area contributed by atoms with E-state index in [2.05, 4.69) is 24.4 Å². The standard InChI is InChI=1S/C27H31NO4/c1-4-5-6-9-20-14-15-24-21(16-20)10-7-13-25(24)27(30)28-22-11-8-12-23(17-22)31-18-26(29)32-19(2)3/h7-8,10-17,19H,4-6,9,18H2,1-3H3,(H,28,30).